The lowest BCUT2D eigenvalue weighted by atomic mass is 9.96. The molecule has 2 rings (SSSR count). The van der Waals surface area contributed by atoms with Crippen molar-refractivity contribution in [1.82, 2.24) is 0 Å². The van der Waals surface area contributed by atoms with Gasteiger partial charge in [-0.25, -0.2) is 0 Å². The third-order valence-electron chi connectivity index (χ3n) is 3.56. The number of nitrogens with two attached hydrogens (primary N) is 1. The summed E-state index contributed by atoms with van der Waals surface area (Å²) in [5, 5.41) is 9.18. The molecule has 1 fully saturated rings. The average Bonchev–Trinajstić information content (AvgIpc) is 2.39. The maximum Gasteiger partial charge on any atom is 0.101 e. The molecule has 0 spiro atoms. The second-order valence-electron chi connectivity index (χ2n) is 4.80. The molecule has 0 saturated carbocycles. The van der Waals surface area contributed by atoms with E-state index in [0.717, 1.165) is 49.3 Å². The Hall–Kier alpha value is -1.53. The van der Waals surface area contributed by atoms with E-state index in [1.165, 1.54) is 0 Å². The molecule has 1 heterocycles. The van der Waals surface area contributed by atoms with Crippen LogP contribution in [0.5, 0.6) is 0 Å². The van der Waals surface area contributed by atoms with Crippen LogP contribution >= 0.6 is 0 Å². The van der Waals surface area contributed by atoms with E-state index in [1.807, 2.05) is 13.0 Å². The molecule has 0 amide bonds. The Morgan fingerprint density at radius 2 is 2.12 bits per heavy atom. The van der Waals surface area contributed by atoms with Crippen LogP contribution in [0.25, 0.3) is 0 Å². The van der Waals surface area contributed by atoms with E-state index in [2.05, 4.69) is 23.1 Å². The highest BCUT2D eigenvalue weighted by Crippen LogP contribution is 2.26. The van der Waals surface area contributed by atoms with Crippen LogP contribution in [0.3, 0.4) is 0 Å². The lowest BCUT2D eigenvalue weighted by Gasteiger charge is -2.33. The van der Waals surface area contributed by atoms with Gasteiger partial charge in [-0.15, -0.1) is 0 Å². The van der Waals surface area contributed by atoms with Gasteiger partial charge in [0, 0.05) is 13.1 Å². The highest BCUT2D eigenvalue weighted by Gasteiger charge is 2.19. The molecule has 1 aliphatic heterocycles. The zero-order chi connectivity index (χ0) is 12.3. The number of anilines is 1. The summed E-state index contributed by atoms with van der Waals surface area (Å²) in [5.41, 5.74) is 8.70. The number of nitriles is 1. The first kappa shape index (κ1) is 11.9. The Labute approximate surface area is 103 Å². The predicted octanol–water partition coefficient (Wildman–Crippen LogP) is 2.04. The molecule has 17 heavy (non-hydrogen) atoms. The van der Waals surface area contributed by atoms with E-state index in [0.29, 0.717) is 5.92 Å². The molecule has 2 N–H and O–H groups in total. The van der Waals surface area contributed by atoms with Crippen LogP contribution in [0.2, 0.25) is 0 Å². The highest BCUT2D eigenvalue weighted by molar-refractivity contribution is 5.60. The first-order valence-corrected chi connectivity index (χ1v) is 6.20. The number of nitrogens with zero attached hydrogens (tertiary/aromatic N) is 2. The summed E-state index contributed by atoms with van der Waals surface area (Å²) < 4.78 is 0. The Morgan fingerprint density at radius 1 is 1.41 bits per heavy atom. The van der Waals surface area contributed by atoms with Crippen molar-refractivity contribution in [3.05, 3.63) is 29.3 Å². The van der Waals surface area contributed by atoms with Gasteiger partial charge in [-0.2, -0.15) is 5.26 Å². The smallest absolute Gasteiger partial charge is 0.101 e. The second-order valence-corrected chi connectivity index (χ2v) is 4.80. The standard InChI is InChI=1S/C14H19N3/c1-11-2-3-14(13(8-11)10-16)17-6-4-12(9-15)5-7-17/h2-3,8,12H,4-7,9,15H2,1H3. The number of aryl methyl sites for hydroxylation is 1. The molecule has 0 aliphatic carbocycles. The van der Waals surface area contributed by atoms with Crippen LogP contribution in [-0.2, 0) is 0 Å². The molecular weight excluding hydrogens is 210 g/mol. The SMILES string of the molecule is Cc1ccc(N2CCC(CN)CC2)c(C#N)c1. The number of hydrogen-bond donors (Lipinski definition) is 1. The van der Waals surface area contributed by atoms with E-state index < -0.39 is 0 Å². The van der Waals surface area contributed by atoms with Gasteiger partial charge in [0.15, 0.2) is 0 Å². The maximum absolute atomic E-state index is 9.18. The Kier molecular flexibility index (Phi) is 3.65. The molecule has 0 unspecified atom stereocenters. The van der Waals surface area contributed by atoms with E-state index in [-0.39, 0.29) is 0 Å². The monoisotopic (exact) mass is 229 g/mol. The number of benzene rings is 1. The quantitative estimate of drug-likeness (QED) is 0.844. The summed E-state index contributed by atoms with van der Waals surface area (Å²) in [6, 6.07) is 8.40. The molecule has 0 atom stereocenters. The van der Waals surface area contributed by atoms with Gasteiger partial charge in [0.25, 0.3) is 0 Å². The first-order chi connectivity index (χ1) is 8.24. The van der Waals surface area contributed by atoms with E-state index in [4.69, 9.17) is 5.73 Å². The van der Waals surface area contributed by atoms with E-state index in [1.54, 1.807) is 0 Å². The molecule has 1 aromatic carbocycles. The van der Waals surface area contributed by atoms with Crippen molar-refractivity contribution in [2.45, 2.75) is 19.8 Å². The minimum atomic E-state index is 0.655. The molecule has 3 nitrogen and oxygen atoms in total. The third-order valence-corrected chi connectivity index (χ3v) is 3.56. The van der Waals surface area contributed by atoms with Crippen molar-refractivity contribution in [2.24, 2.45) is 11.7 Å². The second kappa shape index (κ2) is 5.20. The van der Waals surface area contributed by atoms with E-state index in [9.17, 15) is 5.26 Å². The minimum Gasteiger partial charge on any atom is -0.370 e. The fourth-order valence-corrected chi connectivity index (χ4v) is 2.42. The summed E-state index contributed by atoms with van der Waals surface area (Å²) in [4.78, 5) is 2.31. The van der Waals surface area contributed by atoms with Gasteiger partial charge in [0.2, 0.25) is 0 Å². The minimum absolute atomic E-state index is 0.655. The highest BCUT2D eigenvalue weighted by atomic mass is 15.1. The van der Waals surface area contributed by atoms with Gasteiger partial charge < -0.3 is 10.6 Å². The zero-order valence-corrected chi connectivity index (χ0v) is 10.3. The van der Waals surface area contributed by atoms with Crippen LogP contribution in [-0.4, -0.2) is 19.6 Å². The van der Waals surface area contributed by atoms with Crippen molar-refractivity contribution in [3.63, 3.8) is 0 Å². The van der Waals surface area contributed by atoms with Crippen molar-refractivity contribution >= 4 is 5.69 Å². The Morgan fingerprint density at radius 3 is 2.71 bits per heavy atom. The van der Waals surface area contributed by atoms with Crippen LogP contribution in [0.1, 0.15) is 24.0 Å². The fraction of sp³-hybridized carbons (Fsp3) is 0.500. The molecule has 1 aliphatic rings. The Bertz CT molecular complexity index is 426. The summed E-state index contributed by atoms with van der Waals surface area (Å²) in [6.45, 7) is 4.83. The largest absolute Gasteiger partial charge is 0.370 e. The number of hydrogen-bond acceptors (Lipinski definition) is 3. The van der Waals surface area contributed by atoms with Crippen LogP contribution in [0.4, 0.5) is 5.69 Å². The van der Waals surface area contributed by atoms with Crippen molar-refractivity contribution < 1.29 is 0 Å². The first-order valence-electron chi connectivity index (χ1n) is 6.20. The fourth-order valence-electron chi connectivity index (χ4n) is 2.42. The molecule has 1 aromatic rings. The van der Waals surface area contributed by atoms with Gasteiger partial charge in [0.05, 0.1) is 11.3 Å². The summed E-state index contributed by atoms with van der Waals surface area (Å²) in [5.74, 6) is 0.655. The molecular formula is C14H19N3. The van der Waals surface area contributed by atoms with Crippen molar-refractivity contribution in [3.8, 4) is 6.07 Å². The lowest BCUT2D eigenvalue weighted by Crippen LogP contribution is -2.36. The van der Waals surface area contributed by atoms with Gasteiger partial charge in [-0.05, 0) is 49.9 Å². The number of rotatable bonds is 2. The van der Waals surface area contributed by atoms with Crippen molar-refractivity contribution in [1.29, 1.82) is 5.26 Å². The zero-order valence-electron chi connectivity index (χ0n) is 10.3. The van der Waals surface area contributed by atoms with Crippen LogP contribution < -0.4 is 10.6 Å². The Balaban J connectivity index is 2.16. The topological polar surface area (TPSA) is 53.0 Å². The molecule has 0 aromatic heterocycles. The summed E-state index contributed by atoms with van der Waals surface area (Å²) >= 11 is 0. The van der Waals surface area contributed by atoms with Gasteiger partial charge in [0.1, 0.15) is 6.07 Å². The number of piperidine rings is 1. The van der Waals surface area contributed by atoms with E-state index >= 15 is 0 Å². The van der Waals surface area contributed by atoms with Gasteiger partial charge in [-0.3, -0.25) is 0 Å². The molecule has 1 saturated heterocycles. The predicted molar refractivity (Wildman–Crippen MR) is 69.9 cm³/mol. The van der Waals surface area contributed by atoms with Crippen LogP contribution in [0.15, 0.2) is 18.2 Å². The average molecular weight is 229 g/mol. The van der Waals surface area contributed by atoms with Gasteiger partial charge in [-0.1, -0.05) is 6.07 Å². The lowest BCUT2D eigenvalue weighted by molar-refractivity contribution is 0.414. The molecule has 0 bridgehead atoms. The van der Waals surface area contributed by atoms with Crippen molar-refractivity contribution in [2.75, 3.05) is 24.5 Å². The molecule has 90 valence electrons. The normalized spacial score (nSPS) is 16.9. The third kappa shape index (κ3) is 2.59. The van der Waals surface area contributed by atoms with Crippen LogP contribution in [0, 0.1) is 24.2 Å². The summed E-state index contributed by atoms with van der Waals surface area (Å²) in [7, 11) is 0. The van der Waals surface area contributed by atoms with Gasteiger partial charge >= 0.3 is 0 Å². The molecule has 3 heteroatoms. The summed E-state index contributed by atoms with van der Waals surface area (Å²) in [6.07, 6.45) is 2.27. The maximum atomic E-state index is 9.18. The molecule has 0 radical (unpaired) electrons.